The van der Waals surface area contributed by atoms with Crippen LogP contribution in [0.5, 0.6) is 0 Å². The molecule has 0 bridgehead atoms. The predicted octanol–water partition coefficient (Wildman–Crippen LogP) is 2.14. The second-order valence-corrected chi connectivity index (χ2v) is 5.55. The van der Waals surface area contributed by atoms with Gasteiger partial charge in [0.2, 0.25) is 5.95 Å². The van der Waals surface area contributed by atoms with Crippen molar-refractivity contribution < 1.29 is 0 Å². The molecule has 2 aromatic rings. The van der Waals surface area contributed by atoms with Crippen LogP contribution < -0.4 is 16.8 Å². The second-order valence-electron chi connectivity index (χ2n) is 5.55. The van der Waals surface area contributed by atoms with Crippen LogP contribution in [0.3, 0.4) is 0 Å². The van der Waals surface area contributed by atoms with Crippen LogP contribution in [0.4, 0.5) is 11.8 Å². The van der Waals surface area contributed by atoms with Crippen LogP contribution >= 0.6 is 0 Å². The minimum Gasteiger partial charge on any atom is -0.383 e. The Morgan fingerprint density at radius 3 is 2.60 bits per heavy atom. The van der Waals surface area contributed by atoms with Gasteiger partial charge in [-0.15, -0.1) is 0 Å². The van der Waals surface area contributed by atoms with Gasteiger partial charge in [0.05, 0.1) is 5.52 Å². The normalized spacial score (nSPS) is 22.9. The molecule has 1 aliphatic carbocycles. The zero-order chi connectivity index (χ0) is 13.9. The highest BCUT2D eigenvalue weighted by atomic mass is 15.1. The Kier molecular flexibility index (Phi) is 3.69. The van der Waals surface area contributed by atoms with E-state index in [9.17, 15) is 0 Å². The highest BCUT2D eigenvalue weighted by Crippen LogP contribution is 2.26. The first kappa shape index (κ1) is 13.1. The van der Waals surface area contributed by atoms with Gasteiger partial charge in [-0.3, -0.25) is 0 Å². The number of nitrogens with one attached hydrogen (secondary N) is 1. The maximum absolute atomic E-state index is 6.00. The third-order valence-corrected chi connectivity index (χ3v) is 4.15. The summed E-state index contributed by atoms with van der Waals surface area (Å²) in [4.78, 5) is 8.91. The van der Waals surface area contributed by atoms with E-state index in [2.05, 4.69) is 15.3 Å². The predicted molar refractivity (Wildman–Crippen MR) is 82.4 cm³/mol. The molecule has 0 amide bonds. The average Bonchev–Trinajstić information content (AvgIpc) is 2.48. The summed E-state index contributed by atoms with van der Waals surface area (Å²) in [7, 11) is 0. The molecule has 3 rings (SSSR count). The molecular formula is C15H21N5. The molecule has 106 valence electrons. The van der Waals surface area contributed by atoms with Gasteiger partial charge in [0.25, 0.3) is 0 Å². The number of benzene rings is 1. The molecular weight excluding hydrogens is 250 g/mol. The average molecular weight is 271 g/mol. The van der Waals surface area contributed by atoms with Crippen LogP contribution in [-0.4, -0.2) is 22.6 Å². The summed E-state index contributed by atoms with van der Waals surface area (Å²) in [6.45, 7) is 0.798. The lowest BCUT2D eigenvalue weighted by Gasteiger charge is -2.28. The number of nitrogens with zero attached hydrogens (tertiary/aromatic N) is 2. The van der Waals surface area contributed by atoms with Gasteiger partial charge in [-0.2, -0.15) is 4.98 Å². The van der Waals surface area contributed by atoms with Crippen LogP contribution in [0.1, 0.15) is 25.7 Å². The summed E-state index contributed by atoms with van der Waals surface area (Å²) in [5.74, 6) is 1.85. The molecule has 1 aromatic heterocycles. The van der Waals surface area contributed by atoms with Gasteiger partial charge in [-0.25, -0.2) is 4.98 Å². The number of para-hydroxylation sites is 1. The molecule has 5 nitrogen and oxygen atoms in total. The smallest absolute Gasteiger partial charge is 0.225 e. The number of hydrogen-bond donors (Lipinski definition) is 3. The molecule has 0 radical (unpaired) electrons. The summed E-state index contributed by atoms with van der Waals surface area (Å²) in [5.41, 5.74) is 12.6. The van der Waals surface area contributed by atoms with Crippen LogP contribution in [0.2, 0.25) is 0 Å². The van der Waals surface area contributed by atoms with E-state index in [0.717, 1.165) is 30.3 Å². The largest absolute Gasteiger partial charge is 0.383 e. The van der Waals surface area contributed by atoms with Crippen molar-refractivity contribution in [1.82, 2.24) is 9.97 Å². The summed E-state index contributed by atoms with van der Waals surface area (Å²) < 4.78 is 0. The van der Waals surface area contributed by atoms with Crippen molar-refractivity contribution >= 4 is 22.7 Å². The Balaban J connectivity index is 1.75. The van der Waals surface area contributed by atoms with Crippen LogP contribution in [0.25, 0.3) is 10.9 Å². The van der Waals surface area contributed by atoms with Gasteiger partial charge in [0.1, 0.15) is 5.82 Å². The van der Waals surface area contributed by atoms with Crippen molar-refractivity contribution in [3.05, 3.63) is 24.3 Å². The molecule has 5 N–H and O–H groups in total. The van der Waals surface area contributed by atoms with Gasteiger partial charge >= 0.3 is 0 Å². The Morgan fingerprint density at radius 1 is 1.10 bits per heavy atom. The zero-order valence-electron chi connectivity index (χ0n) is 11.5. The van der Waals surface area contributed by atoms with E-state index in [1.807, 2.05) is 24.3 Å². The number of rotatable bonds is 3. The standard InChI is InChI=1S/C15H21N5/c16-9-10-5-7-11(8-6-10)18-15-19-13-4-2-1-3-12(13)14(17)20-15/h1-4,10-11H,5-9,16H2,(H3,17,18,19,20). The van der Waals surface area contributed by atoms with Gasteiger partial charge in [-0.1, -0.05) is 12.1 Å². The van der Waals surface area contributed by atoms with Gasteiger partial charge in [0.15, 0.2) is 0 Å². The third-order valence-electron chi connectivity index (χ3n) is 4.15. The highest BCUT2D eigenvalue weighted by molar-refractivity contribution is 5.88. The Morgan fingerprint density at radius 2 is 1.85 bits per heavy atom. The monoisotopic (exact) mass is 271 g/mol. The Labute approximate surface area is 118 Å². The molecule has 1 fully saturated rings. The van der Waals surface area contributed by atoms with E-state index in [1.165, 1.54) is 12.8 Å². The fraction of sp³-hybridized carbons (Fsp3) is 0.467. The van der Waals surface area contributed by atoms with Crippen LogP contribution in [-0.2, 0) is 0 Å². The lowest BCUT2D eigenvalue weighted by molar-refractivity contribution is 0.344. The van der Waals surface area contributed by atoms with Crippen molar-refractivity contribution in [3.63, 3.8) is 0 Å². The van der Waals surface area contributed by atoms with Crippen molar-refractivity contribution in [3.8, 4) is 0 Å². The third kappa shape index (κ3) is 2.67. The van der Waals surface area contributed by atoms with E-state index in [0.29, 0.717) is 23.7 Å². The zero-order valence-corrected chi connectivity index (χ0v) is 11.5. The van der Waals surface area contributed by atoms with Gasteiger partial charge in [-0.05, 0) is 50.3 Å². The number of fused-ring (bicyclic) bond motifs is 1. The van der Waals surface area contributed by atoms with Gasteiger partial charge in [0, 0.05) is 11.4 Å². The quantitative estimate of drug-likeness (QED) is 0.795. The SMILES string of the molecule is NCC1CCC(Nc2nc(N)c3ccccc3n2)CC1. The molecule has 0 spiro atoms. The highest BCUT2D eigenvalue weighted by Gasteiger charge is 2.20. The van der Waals surface area contributed by atoms with E-state index in [1.54, 1.807) is 0 Å². The van der Waals surface area contributed by atoms with Crippen LogP contribution in [0.15, 0.2) is 24.3 Å². The minimum atomic E-state index is 0.429. The van der Waals surface area contributed by atoms with E-state index >= 15 is 0 Å². The molecule has 1 saturated carbocycles. The molecule has 1 aliphatic rings. The fourth-order valence-corrected chi connectivity index (χ4v) is 2.89. The van der Waals surface area contributed by atoms with Crippen molar-refractivity contribution in [2.75, 3.05) is 17.6 Å². The lowest BCUT2D eigenvalue weighted by atomic mass is 9.86. The molecule has 0 atom stereocenters. The molecule has 0 saturated heterocycles. The summed E-state index contributed by atoms with van der Waals surface area (Å²) in [6, 6.07) is 8.25. The van der Waals surface area contributed by atoms with Crippen LogP contribution in [0, 0.1) is 5.92 Å². The van der Waals surface area contributed by atoms with E-state index in [4.69, 9.17) is 11.5 Å². The number of nitrogens with two attached hydrogens (primary N) is 2. The first-order valence-electron chi connectivity index (χ1n) is 7.25. The van der Waals surface area contributed by atoms with Crippen molar-refractivity contribution in [2.24, 2.45) is 11.7 Å². The summed E-state index contributed by atoms with van der Waals surface area (Å²) in [5, 5.41) is 4.32. The number of aromatic nitrogens is 2. The molecule has 1 aromatic carbocycles. The number of anilines is 2. The number of nitrogen functional groups attached to an aromatic ring is 1. The topological polar surface area (TPSA) is 89.8 Å². The molecule has 0 unspecified atom stereocenters. The first-order chi connectivity index (χ1) is 9.76. The fourth-order valence-electron chi connectivity index (χ4n) is 2.89. The van der Waals surface area contributed by atoms with Crippen molar-refractivity contribution in [2.45, 2.75) is 31.7 Å². The van der Waals surface area contributed by atoms with Crippen molar-refractivity contribution in [1.29, 1.82) is 0 Å². The molecule has 20 heavy (non-hydrogen) atoms. The summed E-state index contributed by atoms with van der Waals surface area (Å²) in [6.07, 6.45) is 4.60. The number of hydrogen-bond acceptors (Lipinski definition) is 5. The van der Waals surface area contributed by atoms with E-state index < -0.39 is 0 Å². The minimum absolute atomic E-state index is 0.429. The molecule has 1 heterocycles. The van der Waals surface area contributed by atoms with E-state index in [-0.39, 0.29) is 0 Å². The Bertz CT molecular complexity index is 590. The summed E-state index contributed by atoms with van der Waals surface area (Å²) >= 11 is 0. The maximum Gasteiger partial charge on any atom is 0.225 e. The molecule has 0 aliphatic heterocycles. The lowest BCUT2D eigenvalue weighted by Crippen LogP contribution is -2.29. The van der Waals surface area contributed by atoms with Gasteiger partial charge < -0.3 is 16.8 Å². The first-order valence-corrected chi connectivity index (χ1v) is 7.25. The molecule has 5 heteroatoms. The maximum atomic E-state index is 6.00. The second kappa shape index (κ2) is 5.63. The Hall–Kier alpha value is -1.88.